The summed E-state index contributed by atoms with van der Waals surface area (Å²) < 4.78 is 39.2. The van der Waals surface area contributed by atoms with Crippen molar-refractivity contribution < 1.29 is 23.1 Å². The SMILES string of the molecule is O=C1CCC(c2cccc(O)c2)c2c(C(F)(F)F)n[nH]c21. The second kappa shape index (κ2) is 4.61. The van der Waals surface area contributed by atoms with E-state index >= 15 is 0 Å². The lowest BCUT2D eigenvalue weighted by atomic mass is 9.80. The van der Waals surface area contributed by atoms with Gasteiger partial charge in [-0.1, -0.05) is 12.1 Å². The van der Waals surface area contributed by atoms with Gasteiger partial charge in [-0.3, -0.25) is 9.89 Å². The van der Waals surface area contributed by atoms with Crippen molar-refractivity contribution in [3.05, 3.63) is 46.8 Å². The number of benzene rings is 1. The molecule has 1 aromatic carbocycles. The monoisotopic (exact) mass is 296 g/mol. The van der Waals surface area contributed by atoms with Crippen LogP contribution in [0.3, 0.4) is 0 Å². The standard InChI is InChI=1S/C14H11F3N2O2/c15-14(16,17)13-11-9(7-2-1-3-8(20)6-7)4-5-10(21)12(11)18-19-13/h1-3,6,9,20H,4-5H2,(H,18,19). The van der Waals surface area contributed by atoms with Crippen LogP contribution in [-0.4, -0.2) is 21.1 Å². The molecule has 0 radical (unpaired) electrons. The Bertz CT molecular complexity index is 706. The number of aromatic hydroxyl groups is 1. The van der Waals surface area contributed by atoms with Crippen molar-refractivity contribution in [3.8, 4) is 5.75 Å². The highest BCUT2D eigenvalue weighted by Gasteiger charge is 2.43. The number of phenolic OH excluding ortho intramolecular Hbond substituents is 1. The highest BCUT2D eigenvalue weighted by atomic mass is 19.4. The number of halogens is 3. The Kier molecular flexibility index (Phi) is 3.00. The van der Waals surface area contributed by atoms with Crippen molar-refractivity contribution in [2.75, 3.05) is 0 Å². The molecule has 2 aromatic rings. The first kappa shape index (κ1) is 13.7. The zero-order chi connectivity index (χ0) is 15.2. The number of hydrogen-bond donors (Lipinski definition) is 2. The van der Waals surface area contributed by atoms with Gasteiger partial charge in [-0.2, -0.15) is 18.3 Å². The van der Waals surface area contributed by atoms with Crippen LogP contribution in [-0.2, 0) is 6.18 Å². The number of hydrogen-bond acceptors (Lipinski definition) is 3. The minimum absolute atomic E-state index is 0.0250. The van der Waals surface area contributed by atoms with Crippen molar-refractivity contribution in [3.63, 3.8) is 0 Å². The zero-order valence-electron chi connectivity index (χ0n) is 10.7. The lowest BCUT2D eigenvalue weighted by molar-refractivity contribution is -0.141. The average molecular weight is 296 g/mol. The number of rotatable bonds is 1. The van der Waals surface area contributed by atoms with Crippen LogP contribution in [0.4, 0.5) is 13.2 Å². The van der Waals surface area contributed by atoms with Gasteiger partial charge in [-0.25, -0.2) is 0 Å². The number of Topliss-reactive ketones (excluding diaryl/α,β-unsaturated/α-hetero) is 1. The minimum Gasteiger partial charge on any atom is -0.508 e. The van der Waals surface area contributed by atoms with E-state index in [-0.39, 0.29) is 35.6 Å². The van der Waals surface area contributed by atoms with E-state index in [4.69, 9.17) is 0 Å². The van der Waals surface area contributed by atoms with Gasteiger partial charge in [-0.15, -0.1) is 0 Å². The van der Waals surface area contributed by atoms with E-state index in [0.717, 1.165) is 0 Å². The van der Waals surface area contributed by atoms with Crippen LogP contribution < -0.4 is 0 Å². The third-order valence-electron chi connectivity index (χ3n) is 3.63. The fourth-order valence-electron chi connectivity index (χ4n) is 2.74. The summed E-state index contributed by atoms with van der Waals surface area (Å²) in [5.41, 5.74) is -0.721. The molecule has 0 aliphatic heterocycles. The molecule has 110 valence electrons. The fourth-order valence-corrected chi connectivity index (χ4v) is 2.74. The maximum absolute atomic E-state index is 13.1. The predicted molar refractivity (Wildman–Crippen MR) is 67.1 cm³/mol. The van der Waals surface area contributed by atoms with Gasteiger partial charge in [0.1, 0.15) is 11.4 Å². The molecule has 0 saturated heterocycles. The number of aromatic nitrogens is 2. The molecule has 21 heavy (non-hydrogen) atoms. The highest BCUT2D eigenvalue weighted by molar-refractivity contribution is 5.97. The molecule has 0 spiro atoms. The summed E-state index contributed by atoms with van der Waals surface area (Å²) in [5, 5.41) is 15.0. The molecule has 0 amide bonds. The van der Waals surface area contributed by atoms with E-state index < -0.39 is 17.8 Å². The van der Waals surface area contributed by atoms with E-state index in [1.165, 1.54) is 12.1 Å². The van der Waals surface area contributed by atoms with Crippen LogP contribution in [0, 0.1) is 0 Å². The maximum atomic E-state index is 13.1. The fraction of sp³-hybridized carbons (Fsp3) is 0.286. The molecule has 1 heterocycles. The van der Waals surface area contributed by atoms with Crippen molar-refractivity contribution in [1.82, 2.24) is 10.2 Å². The molecule has 1 aliphatic rings. The molecule has 0 saturated carbocycles. The summed E-state index contributed by atoms with van der Waals surface area (Å²) in [4.78, 5) is 11.8. The molecule has 0 bridgehead atoms. The van der Waals surface area contributed by atoms with Gasteiger partial charge in [0.25, 0.3) is 0 Å². The molecule has 7 heteroatoms. The molecular formula is C14H11F3N2O2. The first-order valence-corrected chi connectivity index (χ1v) is 6.35. The summed E-state index contributed by atoms with van der Waals surface area (Å²) in [6.45, 7) is 0. The summed E-state index contributed by atoms with van der Waals surface area (Å²) >= 11 is 0. The van der Waals surface area contributed by atoms with Crippen molar-refractivity contribution in [1.29, 1.82) is 0 Å². The normalized spacial score (nSPS) is 18.6. The molecule has 1 aromatic heterocycles. The molecule has 2 N–H and O–H groups in total. The molecule has 4 nitrogen and oxygen atoms in total. The number of carbonyl (C=O) groups is 1. The van der Waals surface area contributed by atoms with Crippen molar-refractivity contribution in [2.24, 2.45) is 0 Å². The third kappa shape index (κ3) is 2.28. The molecule has 1 aliphatic carbocycles. The van der Waals surface area contributed by atoms with E-state index in [1.807, 2.05) is 0 Å². The first-order chi connectivity index (χ1) is 9.88. The highest BCUT2D eigenvalue weighted by Crippen LogP contribution is 2.43. The quantitative estimate of drug-likeness (QED) is 0.849. The van der Waals surface area contributed by atoms with Gasteiger partial charge in [0.05, 0.1) is 0 Å². The Balaban J connectivity index is 2.17. The lowest BCUT2D eigenvalue weighted by Crippen LogP contribution is -2.19. The molecule has 1 unspecified atom stereocenters. The number of carbonyl (C=O) groups excluding carboxylic acids is 1. The predicted octanol–water partition coefficient (Wildman–Crippen LogP) is 3.24. The Labute approximate surface area is 117 Å². The van der Waals surface area contributed by atoms with Gasteiger partial charge < -0.3 is 5.11 Å². The van der Waals surface area contributed by atoms with Crippen LogP contribution in [0.15, 0.2) is 24.3 Å². The Morgan fingerprint density at radius 1 is 1.33 bits per heavy atom. The van der Waals surface area contributed by atoms with Crippen LogP contribution in [0.5, 0.6) is 5.75 Å². The second-order valence-corrected chi connectivity index (χ2v) is 4.97. The van der Waals surface area contributed by atoms with E-state index in [2.05, 4.69) is 10.2 Å². The number of aromatic amines is 1. The number of ketones is 1. The van der Waals surface area contributed by atoms with Crippen molar-refractivity contribution >= 4 is 5.78 Å². The van der Waals surface area contributed by atoms with Crippen LogP contribution in [0.2, 0.25) is 0 Å². The average Bonchev–Trinajstić information content (AvgIpc) is 2.84. The van der Waals surface area contributed by atoms with E-state index in [0.29, 0.717) is 5.56 Å². The smallest absolute Gasteiger partial charge is 0.435 e. The molecule has 3 rings (SSSR count). The second-order valence-electron chi connectivity index (χ2n) is 4.97. The number of alkyl halides is 3. The Hall–Kier alpha value is -2.31. The van der Waals surface area contributed by atoms with Gasteiger partial charge in [0.15, 0.2) is 11.5 Å². The molecule has 0 fully saturated rings. The minimum atomic E-state index is -4.63. The summed E-state index contributed by atoms with van der Waals surface area (Å²) in [6, 6.07) is 6.06. The maximum Gasteiger partial charge on any atom is 0.435 e. The topological polar surface area (TPSA) is 66.0 Å². The number of fused-ring (bicyclic) bond motifs is 1. The first-order valence-electron chi connectivity index (χ1n) is 6.35. The van der Waals surface area contributed by atoms with Crippen LogP contribution in [0.25, 0.3) is 0 Å². The summed E-state index contributed by atoms with van der Waals surface area (Å²) in [5.74, 6) is -1.01. The summed E-state index contributed by atoms with van der Waals surface area (Å²) in [7, 11) is 0. The number of nitrogens with one attached hydrogen (secondary N) is 1. The zero-order valence-corrected chi connectivity index (χ0v) is 10.7. The van der Waals surface area contributed by atoms with E-state index in [1.54, 1.807) is 12.1 Å². The Morgan fingerprint density at radius 3 is 2.76 bits per heavy atom. The summed E-state index contributed by atoms with van der Waals surface area (Å²) in [6.07, 6.45) is -4.22. The van der Waals surface area contributed by atoms with Crippen LogP contribution in [0.1, 0.15) is 46.1 Å². The van der Waals surface area contributed by atoms with Gasteiger partial charge >= 0.3 is 6.18 Å². The van der Waals surface area contributed by atoms with Crippen LogP contribution >= 0.6 is 0 Å². The number of nitrogens with zero attached hydrogens (tertiary/aromatic N) is 1. The van der Waals surface area contributed by atoms with Crippen molar-refractivity contribution in [2.45, 2.75) is 24.9 Å². The number of H-pyrrole nitrogens is 1. The largest absolute Gasteiger partial charge is 0.508 e. The third-order valence-corrected chi connectivity index (χ3v) is 3.63. The van der Waals surface area contributed by atoms with Gasteiger partial charge in [-0.05, 0) is 24.1 Å². The van der Waals surface area contributed by atoms with Gasteiger partial charge in [0, 0.05) is 17.9 Å². The Morgan fingerprint density at radius 2 is 2.10 bits per heavy atom. The van der Waals surface area contributed by atoms with E-state index in [9.17, 15) is 23.1 Å². The molecular weight excluding hydrogens is 285 g/mol. The van der Waals surface area contributed by atoms with Gasteiger partial charge in [0.2, 0.25) is 0 Å². The number of phenols is 1. The molecule has 1 atom stereocenters. The lowest BCUT2D eigenvalue weighted by Gasteiger charge is -2.23.